The molecule has 1 rings (SSSR count). The molecule has 0 radical (unpaired) electrons. The number of aryl methyl sites for hydroxylation is 1. The summed E-state index contributed by atoms with van der Waals surface area (Å²) in [6.45, 7) is 0.913. The molecule has 0 atom stereocenters. The molecule has 16 heavy (non-hydrogen) atoms. The van der Waals surface area contributed by atoms with Crippen LogP contribution in [0.4, 0.5) is 13.2 Å². The van der Waals surface area contributed by atoms with E-state index >= 15 is 0 Å². The summed E-state index contributed by atoms with van der Waals surface area (Å²) >= 11 is 0. The first-order valence-corrected chi connectivity index (χ1v) is 4.33. The van der Waals surface area contributed by atoms with Gasteiger partial charge in [-0.25, -0.2) is 4.79 Å². The van der Waals surface area contributed by atoms with Gasteiger partial charge in [0.25, 0.3) is 0 Å². The molecule has 0 unspecified atom stereocenters. The molecule has 1 aromatic carbocycles. The Hall–Kier alpha value is -1.56. The van der Waals surface area contributed by atoms with Crippen molar-refractivity contribution in [2.75, 3.05) is 0 Å². The van der Waals surface area contributed by atoms with Gasteiger partial charge in [0.1, 0.15) is 0 Å². The highest BCUT2D eigenvalue weighted by molar-refractivity contribution is 5.87. The van der Waals surface area contributed by atoms with Crippen molar-refractivity contribution in [1.82, 2.24) is 0 Å². The summed E-state index contributed by atoms with van der Waals surface area (Å²) in [4.78, 5) is 10.6. The van der Waals surface area contributed by atoms with Crippen molar-refractivity contribution in [1.29, 1.82) is 0 Å². The fraction of sp³-hybridized carbons (Fsp3) is 0.300. The minimum atomic E-state index is -4.68. The lowest BCUT2D eigenvalue weighted by Gasteiger charge is -2.09. The molecule has 6 heteroatoms. The van der Waals surface area contributed by atoms with Crippen molar-refractivity contribution >= 4 is 5.97 Å². The van der Waals surface area contributed by atoms with E-state index in [1.807, 2.05) is 0 Å². The van der Waals surface area contributed by atoms with Gasteiger partial charge >= 0.3 is 12.3 Å². The fourth-order valence-electron chi connectivity index (χ4n) is 1.15. The topological polar surface area (TPSA) is 46.5 Å². The zero-order chi connectivity index (χ0) is 12.3. The molecule has 1 N–H and O–H groups in total. The number of carboxylic acid groups (broad SMARTS) is 1. The second kappa shape index (κ2) is 4.52. The van der Waals surface area contributed by atoms with Gasteiger partial charge in [0.15, 0.2) is 0 Å². The van der Waals surface area contributed by atoms with Gasteiger partial charge in [-0.3, -0.25) is 4.74 Å². The highest BCUT2D eigenvalue weighted by Crippen LogP contribution is 2.20. The van der Waals surface area contributed by atoms with Crippen LogP contribution >= 0.6 is 0 Å². The quantitative estimate of drug-likeness (QED) is 0.874. The van der Waals surface area contributed by atoms with Gasteiger partial charge in [0.05, 0.1) is 12.2 Å². The van der Waals surface area contributed by atoms with E-state index in [0.717, 1.165) is 0 Å². The van der Waals surface area contributed by atoms with Crippen LogP contribution in [0.5, 0.6) is 0 Å². The van der Waals surface area contributed by atoms with Gasteiger partial charge in [-0.05, 0) is 30.2 Å². The van der Waals surface area contributed by atoms with E-state index in [-0.39, 0.29) is 5.56 Å². The lowest BCUT2D eigenvalue weighted by atomic mass is 10.1. The van der Waals surface area contributed by atoms with Gasteiger partial charge in [-0.1, -0.05) is 6.07 Å². The Morgan fingerprint density at radius 2 is 2.06 bits per heavy atom. The molecular weight excluding hydrogens is 225 g/mol. The Labute approximate surface area is 89.5 Å². The predicted octanol–water partition coefficient (Wildman–Crippen LogP) is 2.73. The number of alkyl halides is 3. The van der Waals surface area contributed by atoms with Crippen molar-refractivity contribution in [3.63, 3.8) is 0 Å². The van der Waals surface area contributed by atoms with Gasteiger partial charge < -0.3 is 5.11 Å². The van der Waals surface area contributed by atoms with E-state index in [0.29, 0.717) is 11.1 Å². The summed E-state index contributed by atoms with van der Waals surface area (Å²) < 4.78 is 38.9. The SMILES string of the molecule is Cc1cc(C(=O)O)ccc1COC(F)(F)F. The summed E-state index contributed by atoms with van der Waals surface area (Å²) in [6, 6.07) is 3.85. The Morgan fingerprint density at radius 1 is 1.44 bits per heavy atom. The number of benzene rings is 1. The van der Waals surface area contributed by atoms with Gasteiger partial charge in [-0.2, -0.15) is 0 Å². The van der Waals surface area contributed by atoms with E-state index in [4.69, 9.17) is 5.11 Å². The zero-order valence-electron chi connectivity index (χ0n) is 8.34. The Kier molecular flexibility index (Phi) is 3.54. The van der Waals surface area contributed by atoms with Crippen LogP contribution in [-0.2, 0) is 11.3 Å². The van der Waals surface area contributed by atoms with Crippen molar-refractivity contribution in [3.8, 4) is 0 Å². The summed E-state index contributed by atoms with van der Waals surface area (Å²) in [5.41, 5.74) is 0.791. The molecule has 3 nitrogen and oxygen atoms in total. The molecule has 0 aliphatic carbocycles. The monoisotopic (exact) mass is 234 g/mol. The molecule has 0 heterocycles. The molecule has 0 aromatic heterocycles. The van der Waals surface area contributed by atoms with E-state index in [1.165, 1.54) is 25.1 Å². The number of hydrogen-bond donors (Lipinski definition) is 1. The molecule has 0 amide bonds. The van der Waals surface area contributed by atoms with Crippen molar-refractivity contribution in [2.45, 2.75) is 19.9 Å². The molecule has 0 aliphatic rings. The van der Waals surface area contributed by atoms with Crippen molar-refractivity contribution < 1.29 is 27.8 Å². The Balaban J connectivity index is 2.80. The maximum Gasteiger partial charge on any atom is 0.522 e. The molecule has 0 fully saturated rings. The van der Waals surface area contributed by atoms with Gasteiger partial charge in [-0.15, -0.1) is 13.2 Å². The average molecular weight is 234 g/mol. The van der Waals surface area contributed by atoms with Crippen LogP contribution in [0.2, 0.25) is 0 Å². The Bertz CT molecular complexity index is 399. The number of rotatable bonds is 3. The van der Waals surface area contributed by atoms with Gasteiger partial charge in [0, 0.05) is 0 Å². The first kappa shape index (κ1) is 12.5. The average Bonchev–Trinajstić information content (AvgIpc) is 2.14. The smallest absolute Gasteiger partial charge is 0.478 e. The lowest BCUT2D eigenvalue weighted by Crippen LogP contribution is -2.13. The van der Waals surface area contributed by atoms with Crippen molar-refractivity contribution in [2.24, 2.45) is 0 Å². The highest BCUT2D eigenvalue weighted by Gasteiger charge is 2.29. The lowest BCUT2D eigenvalue weighted by molar-refractivity contribution is -0.330. The van der Waals surface area contributed by atoms with Crippen molar-refractivity contribution in [3.05, 3.63) is 34.9 Å². The molecule has 88 valence electrons. The second-order valence-corrected chi connectivity index (χ2v) is 3.18. The molecule has 0 bridgehead atoms. The van der Waals surface area contributed by atoms with Crippen LogP contribution in [0, 0.1) is 6.92 Å². The standard InChI is InChI=1S/C10H9F3O3/c1-6-4-7(9(14)15)2-3-8(6)5-16-10(11,12)13/h2-4H,5H2,1H3,(H,14,15). The van der Waals surface area contributed by atoms with Crippen LogP contribution in [-0.4, -0.2) is 17.4 Å². The first-order valence-electron chi connectivity index (χ1n) is 4.33. The van der Waals surface area contributed by atoms with Crippen LogP contribution in [0.3, 0.4) is 0 Å². The molecule has 0 spiro atoms. The van der Waals surface area contributed by atoms with E-state index in [2.05, 4.69) is 4.74 Å². The minimum absolute atomic E-state index is 0.0354. The Morgan fingerprint density at radius 3 is 2.50 bits per heavy atom. The van der Waals surface area contributed by atoms with E-state index < -0.39 is 18.9 Å². The molecule has 0 saturated heterocycles. The maximum absolute atomic E-state index is 11.8. The number of carbonyl (C=O) groups is 1. The van der Waals surface area contributed by atoms with E-state index in [1.54, 1.807) is 0 Å². The van der Waals surface area contributed by atoms with Crippen LogP contribution in [0.1, 0.15) is 21.5 Å². The predicted molar refractivity (Wildman–Crippen MR) is 49.0 cm³/mol. The molecular formula is C10H9F3O3. The third-order valence-corrected chi connectivity index (χ3v) is 1.98. The number of carboxylic acids is 1. The third kappa shape index (κ3) is 3.54. The summed E-state index contributed by atoms with van der Waals surface area (Å²) in [5, 5.41) is 8.65. The summed E-state index contributed by atoms with van der Waals surface area (Å²) in [6.07, 6.45) is -4.68. The molecule has 1 aromatic rings. The number of ether oxygens (including phenoxy) is 1. The largest absolute Gasteiger partial charge is 0.522 e. The highest BCUT2D eigenvalue weighted by atomic mass is 19.4. The zero-order valence-corrected chi connectivity index (χ0v) is 8.34. The normalized spacial score (nSPS) is 11.5. The molecule has 0 aliphatic heterocycles. The number of halogens is 3. The summed E-state index contributed by atoms with van der Waals surface area (Å²) in [5.74, 6) is -1.12. The molecule has 0 saturated carbocycles. The number of aromatic carboxylic acids is 1. The van der Waals surface area contributed by atoms with Crippen LogP contribution < -0.4 is 0 Å². The second-order valence-electron chi connectivity index (χ2n) is 3.18. The van der Waals surface area contributed by atoms with Crippen LogP contribution in [0.25, 0.3) is 0 Å². The summed E-state index contributed by atoms with van der Waals surface area (Å²) in [7, 11) is 0. The number of hydrogen-bond acceptors (Lipinski definition) is 2. The van der Waals surface area contributed by atoms with Crippen LogP contribution in [0.15, 0.2) is 18.2 Å². The third-order valence-electron chi connectivity index (χ3n) is 1.98. The minimum Gasteiger partial charge on any atom is -0.478 e. The van der Waals surface area contributed by atoms with E-state index in [9.17, 15) is 18.0 Å². The fourth-order valence-corrected chi connectivity index (χ4v) is 1.15. The first-order chi connectivity index (χ1) is 7.29. The maximum atomic E-state index is 11.8. The van der Waals surface area contributed by atoms with Gasteiger partial charge in [0.2, 0.25) is 0 Å².